The number of alkyl halides is 1. The topological polar surface area (TPSA) is 35.5 Å². The summed E-state index contributed by atoms with van der Waals surface area (Å²) in [6.45, 7) is 2.55. The van der Waals surface area contributed by atoms with Crippen molar-refractivity contribution in [2.75, 3.05) is 13.7 Å². The molecule has 0 aliphatic rings. The molecule has 1 unspecified atom stereocenters. The Kier molecular flexibility index (Phi) is 8.68. The van der Waals surface area contributed by atoms with E-state index < -0.39 is 11.5 Å². The van der Waals surface area contributed by atoms with E-state index in [-0.39, 0.29) is 0 Å². The van der Waals surface area contributed by atoms with Crippen molar-refractivity contribution in [3.05, 3.63) is 12.2 Å². The Hall–Kier alpha value is -0.540. The van der Waals surface area contributed by atoms with Crippen LogP contribution in [0, 0.1) is 0 Å². The largest absolute Gasteiger partial charge is 0.466 e. The van der Waals surface area contributed by atoms with Gasteiger partial charge in [-0.15, -0.1) is 0 Å². The molecule has 0 heterocycles. The van der Waals surface area contributed by atoms with Crippen LogP contribution in [0.4, 0.5) is 0 Å². The van der Waals surface area contributed by atoms with Gasteiger partial charge in [-0.2, -0.15) is 0 Å². The van der Waals surface area contributed by atoms with Crippen LogP contribution < -0.4 is 0 Å². The van der Waals surface area contributed by atoms with Crippen molar-refractivity contribution in [3.63, 3.8) is 0 Å². The first-order valence-electron chi connectivity index (χ1n) is 4.70. The second kappa shape index (κ2) is 9.03. The molecule has 0 bridgehead atoms. The van der Waals surface area contributed by atoms with Gasteiger partial charge in [0, 0.05) is 6.61 Å². The fourth-order valence-electron chi connectivity index (χ4n) is 0.833. The number of hydrogen-bond acceptors (Lipinski definition) is 3. The molecule has 0 amide bonds. The lowest BCUT2D eigenvalue weighted by atomic mass is 10.3. The minimum absolute atomic E-state index is 0.470. The third-order valence-corrected chi connectivity index (χ3v) is 1.87. The van der Waals surface area contributed by atoms with E-state index in [2.05, 4.69) is 23.8 Å². The number of unbranched alkanes of at least 4 members (excludes halogenated alkanes) is 1. The van der Waals surface area contributed by atoms with Crippen LogP contribution in [0.2, 0.25) is 0 Å². The molecule has 0 aromatic carbocycles. The Morgan fingerprint density at radius 2 is 2.21 bits per heavy atom. The Bertz CT molecular complexity index is 180. The molecule has 0 aliphatic carbocycles. The third kappa shape index (κ3) is 6.92. The van der Waals surface area contributed by atoms with Crippen LogP contribution in [-0.4, -0.2) is 25.2 Å². The van der Waals surface area contributed by atoms with Gasteiger partial charge >= 0.3 is 5.97 Å². The first-order chi connectivity index (χ1) is 6.72. The lowest BCUT2D eigenvalue weighted by Crippen LogP contribution is -2.19. The maximum absolute atomic E-state index is 10.8. The van der Waals surface area contributed by atoms with Crippen LogP contribution in [0.25, 0.3) is 0 Å². The molecular weight excluding hydrogens is 204 g/mol. The molecule has 0 aromatic rings. The minimum atomic E-state index is -0.977. The fraction of sp³-hybridized carbons (Fsp3) is 0.700. The van der Waals surface area contributed by atoms with Crippen molar-refractivity contribution in [1.82, 2.24) is 0 Å². The summed E-state index contributed by atoms with van der Waals surface area (Å²) >= 11 is 5.56. The Labute approximate surface area is 90.0 Å². The number of hydrogen-bond donors (Lipinski definition) is 0. The molecule has 3 nitrogen and oxygen atoms in total. The summed E-state index contributed by atoms with van der Waals surface area (Å²) in [5.74, 6) is -0.546. The maximum atomic E-state index is 10.8. The van der Waals surface area contributed by atoms with E-state index in [0.29, 0.717) is 6.61 Å². The minimum Gasteiger partial charge on any atom is -0.466 e. The average Bonchev–Trinajstić information content (AvgIpc) is 2.21. The second-order valence-corrected chi connectivity index (χ2v) is 3.13. The first-order valence-corrected chi connectivity index (χ1v) is 5.14. The second-order valence-electron chi connectivity index (χ2n) is 2.73. The highest BCUT2D eigenvalue weighted by molar-refractivity contribution is 6.28. The molecule has 14 heavy (non-hydrogen) atoms. The van der Waals surface area contributed by atoms with Gasteiger partial charge in [-0.25, -0.2) is 4.79 Å². The Balaban J connectivity index is 3.36. The number of carbonyl (C=O) groups excluding carboxylic acids is 1. The van der Waals surface area contributed by atoms with E-state index in [0.717, 1.165) is 19.3 Å². The number of ether oxygens (including phenoxy) is 2. The van der Waals surface area contributed by atoms with Crippen molar-refractivity contribution < 1.29 is 14.3 Å². The lowest BCUT2D eigenvalue weighted by molar-refractivity contribution is -0.148. The van der Waals surface area contributed by atoms with E-state index in [1.165, 1.54) is 7.11 Å². The van der Waals surface area contributed by atoms with Gasteiger partial charge < -0.3 is 9.47 Å². The third-order valence-electron chi connectivity index (χ3n) is 1.57. The molecule has 82 valence electrons. The molecule has 0 aromatic heterocycles. The van der Waals surface area contributed by atoms with E-state index in [9.17, 15) is 4.79 Å². The van der Waals surface area contributed by atoms with Gasteiger partial charge in [0.05, 0.1) is 7.11 Å². The highest BCUT2D eigenvalue weighted by Gasteiger charge is 2.14. The molecule has 1 atom stereocenters. The van der Waals surface area contributed by atoms with E-state index in [1.54, 1.807) is 0 Å². The van der Waals surface area contributed by atoms with E-state index >= 15 is 0 Å². The molecule has 0 spiro atoms. The average molecular weight is 221 g/mol. The summed E-state index contributed by atoms with van der Waals surface area (Å²) in [5.41, 5.74) is -0.977. The number of methoxy groups -OCH3 is 1. The van der Waals surface area contributed by atoms with Crippen LogP contribution in [0.5, 0.6) is 0 Å². The lowest BCUT2D eigenvalue weighted by Gasteiger charge is -2.07. The van der Waals surface area contributed by atoms with Gasteiger partial charge in [0.25, 0.3) is 0 Å². The zero-order valence-corrected chi connectivity index (χ0v) is 9.42. The Morgan fingerprint density at radius 1 is 1.50 bits per heavy atom. The van der Waals surface area contributed by atoms with Gasteiger partial charge in [0.15, 0.2) is 0 Å². The number of esters is 1. The molecule has 4 heteroatoms. The summed E-state index contributed by atoms with van der Waals surface area (Å²) in [7, 11) is 1.28. The van der Waals surface area contributed by atoms with Gasteiger partial charge in [0.2, 0.25) is 5.56 Å². The molecule has 0 rings (SSSR count). The summed E-state index contributed by atoms with van der Waals surface area (Å²) in [4.78, 5) is 10.8. The van der Waals surface area contributed by atoms with E-state index in [1.807, 2.05) is 0 Å². The fourth-order valence-corrected chi connectivity index (χ4v) is 1.01. The van der Waals surface area contributed by atoms with Gasteiger partial charge in [0.1, 0.15) is 0 Å². The monoisotopic (exact) mass is 220 g/mol. The van der Waals surface area contributed by atoms with Gasteiger partial charge in [-0.05, 0) is 19.3 Å². The van der Waals surface area contributed by atoms with E-state index in [4.69, 9.17) is 16.3 Å². The predicted molar refractivity (Wildman–Crippen MR) is 56.3 cm³/mol. The van der Waals surface area contributed by atoms with Crippen LogP contribution in [0.1, 0.15) is 26.2 Å². The van der Waals surface area contributed by atoms with Crippen LogP contribution in [-0.2, 0) is 14.3 Å². The van der Waals surface area contributed by atoms with Crippen molar-refractivity contribution in [2.45, 2.75) is 31.7 Å². The molecule has 0 saturated carbocycles. The quantitative estimate of drug-likeness (QED) is 0.286. The highest BCUT2D eigenvalue weighted by Crippen LogP contribution is 2.03. The predicted octanol–water partition coefficient (Wildman–Crippen LogP) is 2.49. The smallest absolute Gasteiger partial charge is 0.350 e. The van der Waals surface area contributed by atoms with Crippen molar-refractivity contribution in [2.24, 2.45) is 0 Å². The number of rotatable bonds is 7. The highest BCUT2D eigenvalue weighted by atomic mass is 35.5. The van der Waals surface area contributed by atoms with Crippen LogP contribution in [0.15, 0.2) is 12.2 Å². The molecule has 0 saturated heterocycles. The maximum Gasteiger partial charge on any atom is 0.350 e. The van der Waals surface area contributed by atoms with Crippen molar-refractivity contribution in [3.8, 4) is 0 Å². The standard InChI is InChI=1S/C10H17ClO3/c1-3-4-5-6-7-8-14-9(11)10(12)13-2/h4-5,9H,3,6-8H2,1-2H3/b5-4+. The zero-order chi connectivity index (χ0) is 10.8. The molecule has 0 radical (unpaired) electrons. The van der Waals surface area contributed by atoms with Crippen molar-refractivity contribution >= 4 is 17.6 Å². The molecule has 0 fully saturated rings. The molecular formula is C10H17ClO3. The molecule has 0 N–H and O–H groups in total. The van der Waals surface area contributed by atoms with Gasteiger partial charge in [-0.3, -0.25) is 0 Å². The Morgan fingerprint density at radius 3 is 2.79 bits per heavy atom. The molecule has 0 aliphatic heterocycles. The first kappa shape index (κ1) is 13.5. The number of carbonyl (C=O) groups is 1. The summed E-state index contributed by atoms with van der Waals surface area (Å²) < 4.78 is 9.43. The normalized spacial score (nSPS) is 13.1. The zero-order valence-electron chi connectivity index (χ0n) is 8.66. The van der Waals surface area contributed by atoms with Crippen LogP contribution >= 0.6 is 11.6 Å². The van der Waals surface area contributed by atoms with Crippen molar-refractivity contribution in [1.29, 1.82) is 0 Å². The number of halogens is 1. The SMILES string of the molecule is CC/C=C/CCCOC(Cl)C(=O)OC. The summed E-state index contributed by atoms with van der Waals surface area (Å²) in [6, 6.07) is 0. The number of allylic oxidation sites excluding steroid dienone is 2. The van der Waals surface area contributed by atoms with Gasteiger partial charge in [-0.1, -0.05) is 30.7 Å². The van der Waals surface area contributed by atoms with Crippen LogP contribution in [0.3, 0.4) is 0 Å². The summed E-state index contributed by atoms with van der Waals surface area (Å²) in [5, 5.41) is 0. The summed E-state index contributed by atoms with van der Waals surface area (Å²) in [6.07, 6.45) is 7.03.